The lowest BCUT2D eigenvalue weighted by Crippen LogP contribution is -2.57. The second-order valence-corrected chi connectivity index (χ2v) is 20.3. The molecule has 2 fully saturated rings. The molecule has 0 bridgehead atoms. The van der Waals surface area contributed by atoms with E-state index in [9.17, 15) is 0 Å². The van der Waals surface area contributed by atoms with Crippen molar-refractivity contribution in [2.24, 2.45) is 0 Å². The molecule has 0 aromatic carbocycles. The summed E-state index contributed by atoms with van der Waals surface area (Å²) in [6, 6.07) is 7.02. The van der Waals surface area contributed by atoms with Crippen LogP contribution >= 0.6 is 0 Å². The van der Waals surface area contributed by atoms with Crippen LogP contribution in [0, 0.1) is 0 Å². The fraction of sp³-hybridized carbons (Fsp3) is 1.00. The summed E-state index contributed by atoms with van der Waals surface area (Å²) in [4.78, 5) is 0. The molecule has 1 nitrogen and oxygen atoms in total. The maximum Gasteiger partial charge on any atom is 0.185 e. The molecule has 0 radical (unpaired) electrons. The SMILES string of the molecule is CC[Si]1(O[Si](CC)(CC)C2(C)CCCCCCCCC2)CCCCCCCCC1. The van der Waals surface area contributed by atoms with Gasteiger partial charge in [-0.15, -0.1) is 0 Å². The van der Waals surface area contributed by atoms with Gasteiger partial charge in [0.25, 0.3) is 0 Å². The van der Waals surface area contributed by atoms with Gasteiger partial charge >= 0.3 is 0 Å². The Bertz CT molecular complexity index is 412. The first-order chi connectivity index (χ1) is 14.1. The Balaban J connectivity index is 2.25. The zero-order chi connectivity index (χ0) is 21.1. The van der Waals surface area contributed by atoms with Gasteiger partial charge in [-0.1, -0.05) is 118 Å². The molecule has 0 unspecified atom stereocenters. The van der Waals surface area contributed by atoms with Gasteiger partial charge in [-0.05, 0) is 48.1 Å². The maximum absolute atomic E-state index is 7.83. The topological polar surface area (TPSA) is 9.23 Å². The van der Waals surface area contributed by atoms with Crippen molar-refractivity contribution in [3.63, 3.8) is 0 Å². The number of hydrogen-bond donors (Lipinski definition) is 0. The van der Waals surface area contributed by atoms with E-state index in [0.717, 1.165) is 0 Å². The third kappa shape index (κ3) is 7.21. The largest absolute Gasteiger partial charge is 0.454 e. The van der Waals surface area contributed by atoms with Crippen LogP contribution in [0.5, 0.6) is 0 Å². The van der Waals surface area contributed by atoms with Crippen LogP contribution in [-0.2, 0) is 4.12 Å². The lowest BCUT2D eigenvalue weighted by atomic mass is 9.92. The number of rotatable bonds is 6. The molecule has 2 aliphatic rings. The van der Waals surface area contributed by atoms with Crippen LogP contribution in [0.15, 0.2) is 0 Å². The van der Waals surface area contributed by atoms with Gasteiger partial charge in [-0.25, -0.2) is 0 Å². The van der Waals surface area contributed by atoms with Crippen molar-refractivity contribution in [2.75, 3.05) is 0 Å². The summed E-state index contributed by atoms with van der Waals surface area (Å²) >= 11 is 0. The van der Waals surface area contributed by atoms with Crippen molar-refractivity contribution < 1.29 is 4.12 Å². The molecule has 1 saturated carbocycles. The first kappa shape index (κ1) is 25.7. The van der Waals surface area contributed by atoms with Crippen LogP contribution < -0.4 is 0 Å². The predicted molar refractivity (Wildman–Crippen MR) is 136 cm³/mol. The Hall–Kier alpha value is 0.394. The van der Waals surface area contributed by atoms with E-state index in [0.29, 0.717) is 5.04 Å². The van der Waals surface area contributed by atoms with E-state index in [2.05, 4.69) is 27.7 Å². The zero-order valence-electron chi connectivity index (χ0n) is 20.8. The van der Waals surface area contributed by atoms with Gasteiger partial charge in [0, 0.05) is 0 Å². The smallest absolute Gasteiger partial charge is 0.185 e. The maximum atomic E-state index is 7.83. The first-order valence-corrected chi connectivity index (χ1v) is 18.6. The molecule has 1 aliphatic heterocycles. The van der Waals surface area contributed by atoms with Gasteiger partial charge in [0.05, 0.1) is 0 Å². The second-order valence-electron chi connectivity index (χ2n) is 10.9. The molecule has 2 rings (SSSR count). The summed E-state index contributed by atoms with van der Waals surface area (Å²) in [5.74, 6) is 0. The molecule has 1 aliphatic carbocycles. The minimum absolute atomic E-state index is 0.512. The normalized spacial score (nSPS) is 25.2. The predicted octanol–water partition coefficient (Wildman–Crippen LogP) is 9.98. The van der Waals surface area contributed by atoms with Gasteiger partial charge in [0.1, 0.15) is 0 Å². The van der Waals surface area contributed by atoms with Gasteiger partial charge in [0.15, 0.2) is 16.6 Å². The second kappa shape index (κ2) is 13.1. The molecule has 0 spiro atoms. The highest BCUT2D eigenvalue weighted by Crippen LogP contribution is 2.53. The molecule has 3 heteroatoms. The first-order valence-electron chi connectivity index (χ1n) is 13.8. The Kier molecular flexibility index (Phi) is 11.6. The van der Waals surface area contributed by atoms with Crippen molar-refractivity contribution in [1.29, 1.82) is 0 Å². The molecule has 0 aromatic heterocycles. The third-order valence-corrected chi connectivity index (χ3v) is 21.1. The molecule has 1 saturated heterocycles. The molecule has 0 N–H and O–H groups in total. The molecule has 172 valence electrons. The van der Waals surface area contributed by atoms with Gasteiger partial charge < -0.3 is 4.12 Å². The Morgan fingerprint density at radius 3 is 1.38 bits per heavy atom. The quantitative estimate of drug-likeness (QED) is 0.375. The lowest BCUT2D eigenvalue weighted by Gasteiger charge is -2.52. The van der Waals surface area contributed by atoms with E-state index < -0.39 is 16.6 Å². The Morgan fingerprint density at radius 1 is 0.621 bits per heavy atom. The monoisotopic (exact) mass is 438 g/mol. The minimum atomic E-state index is -1.75. The summed E-state index contributed by atoms with van der Waals surface area (Å²) in [5, 5.41) is 0.512. The standard InChI is InChI=1S/C26H54OSi2/c1-5-28(24-20-16-12-9-13-17-21-25-28)27-29(6-2,7-3)26(4)22-18-14-10-8-11-15-19-23-26/h5-25H2,1-4H3. The highest BCUT2D eigenvalue weighted by molar-refractivity contribution is 6.88. The van der Waals surface area contributed by atoms with Crippen molar-refractivity contribution >= 4 is 16.6 Å². The highest BCUT2D eigenvalue weighted by Gasteiger charge is 2.52. The average Bonchev–Trinajstić information content (AvgIpc) is 2.75. The van der Waals surface area contributed by atoms with Gasteiger partial charge in [-0.3, -0.25) is 0 Å². The van der Waals surface area contributed by atoms with Crippen molar-refractivity contribution in [1.82, 2.24) is 0 Å². The highest BCUT2D eigenvalue weighted by atomic mass is 28.4. The van der Waals surface area contributed by atoms with Crippen molar-refractivity contribution in [3.8, 4) is 0 Å². The molecule has 0 amide bonds. The fourth-order valence-corrected chi connectivity index (χ4v) is 19.8. The van der Waals surface area contributed by atoms with Gasteiger partial charge in [-0.2, -0.15) is 0 Å². The molecule has 0 aromatic rings. The van der Waals surface area contributed by atoms with Crippen LogP contribution in [0.25, 0.3) is 0 Å². The average molecular weight is 439 g/mol. The summed E-state index contributed by atoms with van der Waals surface area (Å²) in [7, 11) is -3.34. The molecule has 29 heavy (non-hydrogen) atoms. The molecular formula is C26H54OSi2. The van der Waals surface area contributed by atoms with Crippen LogP contribution in [0.1, 0.15) is 130 Å². The van der Waals surface area contributed by atoms with Crippen LogP contribution in [-0.4, -0.2) is 16.6 Å². The van der Waals surface area contributed by atoms with Gasteiger partial charge in [0.2, 0.25) is 0 Å². The summed E-state index contributed by atoms with van der Waals surface area (Å²) in [6.07, 6.45) is 23.4. The molecular weight excluding hydrogens is 384 g/mol. The summed E-state index contributed by atoms with van der Waals surface area (Å²) in [6.45, 7) is 10.2. The van der Waals surface area contributed by atoms with Crippen LogP contribution in [0.2, 0.25) is 35.3 Å². The van der Waals surface area contributed by atoms with E-state index in [-0.39, 0.29) is 0 Å². The zero-order valence-corrected chi connectivity index (χ0v) is 22.8. The van der Waals surface area contributed by atoms with E-state index in [4.69, 9.17) is 4.12 Å². The van der Waals surface area contributed by atoms with Crippen LogP contribution in [0.4, 0.5) is 0 Å². The minimum Gasteiger partial charge on any atom is -0.454 e. The Labute approximate surface area is 186 Å². The lowest BCUT2D eigenvalue weighted by molar-refractivity contribution is 0.357. The number of hydrogen-bond acceptors (Lipinski definition) is 1. The molecule has 1 heterocycles. The van der Waals surface area contributed by atoms with Crippen molar-refractivity contribution in [3.05, 3.63) is 0 Å². The Morgan fingerprint density at radius 2 is 1.00 bits per heavy atom. The van der Waals surface area contributed by atoms with Crippen LogP contribution in [0.3, 0.4) is 0 Å². The van der Waals surface area contributed by atoms with Crippen molar-refractivity contribution in [2.45, 2.75) is 166 Å². The fourth-order valence-electron chi connectivity index (χ4n) is 6.71. The van der Waals surface area contributed by atoms with E-state index in [1.807, 2.05) is 0 Å². The molecule has 0 atom stereocenters. The summed E-state index contributed by atoms with van der Waals surface area (Å²) in [5.41, 5.74) is 0. The van der Waals surface area contributed by atoms with E-state index >= 15 is 0 Å². The van der Waals surface area contributed by atoms with E-state index in [1.165, 1.54) is 133 Å². The summed E-state index contributed by atoms with van der Waals surface area (Å²) < 4.78 is 7.83. The van der Waals surface area contributed by atoms with E-state index in [1.54, 1.807) is 0 Å². The third-order valence-electron chi connectivity index (χ3n) is 9.02.